The van der Waals surface area contributed by atoms with Crippen LogP contribution in [0.2, 0.25) is 0 Å². The van der Waals surface area contributed by atoms with Gasteiger partial charge in [0.2, 0.25) is 0 Å². The molecular formula is C16H24N2. The van der Waals surface area contributed by atoms with Crippen LogP contribution in [0.4, 0.5) is 5.69 Å². The quantitative estimate of drug-likeness (QED) is 0.865. The average Bonchev–Trinajstić information content (AvgIpc) is 2.62. The fraction of sp³-hybridized carbons (Fsp3) is 0.625. The fourth-order valence-electron chi connectivity index (χ4n) is 3.62. The molecule has 1 heterocycles. The lowest BCUT2D eigenvalue weighted by molar-refractivity contribution is 0.180. The highest BCUT2D eigenvalue weighted by molar-refractivity contribution is 5.51. The Hall–Kier alpha value is -1.02. The van der Waals surface area contributed by atoms with Crippen molar-refractivity contribution in [1.82, 2.24) is 0 Å². The van der Waals surface area contributed by atoms with Crippen LogP contribution in [0.3, 0.4) is 0 Å². The molecule has 1 aromatic carbocycles. The molecule has 1 spiro atoms. The SMILES string of the molecule is NCc1cccc(N2CC3(CCCCCC3)C2)c1. The summed E-state index contributed by atoms with van der Waals surface area (Å²) in [4.78, 5) is 2.53. The Balaban J connectivity index is 1.66. The Labute approximate surface area is 110 Å². The highest BCUT2D eigenvalue weighted by Gasteiger charge is 2.42. The number of rotatable bonds is 2. The third kappa shape index (κ3) is 2.26. The number of anilines is 1. The zero-order chi connectivity index (χ0) is 12.4. The van der Waals surface area contributed by atoms with Gasteiger partial charge in [-0.25, -0.2) is 0 Å². The summed E-state index contributed by atoms with van der Waals surface area (Å²) < 4.78 is 0. The second-order valence-corrected chi connectivity index (χ2v) is 6.14. The molecule has 1 aliphatic carbocycles. The van der Waals surface area contributed by atoms with Crippen molar-refractivity contribution in [2.75, 3.05) is 18.0 Å². The number of hydrogen-bond acceptors (Lipinski definition) is 2. The predicted octanol–water partition coefficient (Wildman–Crippen LogP) is 3.31. The van der Waals surface area contributed by atoms with Gasteiger partial charge in [-0.15, -0.1) is 0 Å². The Morgan fingerprint density at radius 2 is 1.78 bits per heavy atom. The minimum Gasteiger partial charge on any atom is -0.370 e. The van der Waals surface area contributed by atoms with E-state index in [1.54, 1.807) is 0 Å². The summed E-state index contributed by atoms with van der Waals surface area (Å²) in [5.74, 6) is 0. The summed E-state index contributed by atoms with van der Waals surface area (Å²) in [5, 5.41) is 0. The molecule has 1 saturated heterocycles. The maximum atomic E-state index is 5.72. The smallest absolute Gasteiger partial charge is 0.0369 e. The van der Waals surface area contributed by atoms with Crippen molar-refractivity contribution in [3.63, 3.8) is 0 Å². The molecule has 0 aromatic heterocycles. The maximum absolute atomic E-state index is 5.72. The third-order valence-corrected chi connectivity index (χ3v) is 4.73. The highest BCUT2D eigenvalue weighted by Crippen LogP contribution is 2.44. The molecule has 1 saturated carbocycles. The molecule has 0 atom stereocenters. The lowest BCUT2D eigenvalue weighted by Crippen LogP contribution is -2.56. The van der Waals surface area contributed by atoms with E-state index in [1.807, 2.05) is 0 Å². The van der Waals surface area contributed by atoms with Crippen LogP contribution >= 0.6 is 0 Å². The van der Waals surface area contributed by atoms with Gasteiger partial charge in [0, 0.05) is 30.7 Å². The fourth-order valence-corrected chi connectivity index (χ4v) is 3.62. The normalized spacial score (nSPS) is 22.6. The van der Waals surface area contributed by atoms with Crippen LogP contribution in [0.1, 0.15) is 44.1 Å². The van der Waals surface area contributed by atoms with Crippen molar-refractivity contribution >= 4 is 5.69 Å². The van der Waals surface area contributed by atoms with E-state index in [0.717, 1.165) is 0 Å². The number of hydrogen-bond donors (Lipinski definition) is 1. The third-order valence-electron chi connectivity index (χ3n) is 4.73. The van der Waals surface area contributed by atoms with E-state index in [4.69, 9.17) is 5.73 Å². The summed E-state index contributed by atoms with van der Waals surface area (Å²) in [6.45, 7) is 3.18. The molecule has 2 nitrogen and oxygen atoms in total. The first-order valence-corrected chi connectivity index (χ1v) is 7.35. The zero-order valence-corrected chi connectivity index (χ0v) is 11.2. The topological polar surface area (TPSA) is 29.3 Å². The first kappa shape index (κ1) is 12.0. The Bertz CT molecular complexity index is 397. The monoisotopic (exact) mass is 244 g/mol. The first-order valence-electron chi connectivity index (χ1n) is 7.35. The van der Waals surface area contributed by atoms with E-state index in [-0.39, 0.29) is 0 Å². The summed E-state index contributed by atoms with van der Waals surface area (Å²) in [7, 11) is 0. The molecular weight excluding hydrogens is 220 g/mol. The molecule has 1 aromatic rings. The maximum Gasteiger partial charge on any atom is 0.0369 e. The molecule has 2 heteroatoms. The van der Waals surface area contributed by atoms with Crippen LogP contribution in [0, 0.1) is 5.41 Å². The van der Waals surface area contributed by atoms with Crippen molar-refractivity contribution in [3.8, 4) is 0 Å². The van der Waals surface area contributed by atoms with Gasteiger partial charge in [-0.3, -0.25) is 0 Å². The van der Waals surface area contributed by atoms with Gasteiger partial charge in [0.1, 0.15) is 0 Å². The molecule has 0 bridgehead atoms. The second kappa shape index (κ2) is 4.93. The van der Waals surface area contributed by atoms with Gasteiger partial charge in [0.25, 0.3) is 0 Å². The van der Waals surface area contributed by atoms with E-state index in [1.165, 1.54) is 62.9 Å². The van der Waals surface area contributed by atoms with Gasteiger partial charge < -0.3 is 10.6 Å². The molecule has 0 unspecified atom stereocenters. The van der Waals surface area contributed by atoms with Gasteiger partial charge in [-0.2, -0.15) is 0 Å². The van der Waals surface area contributed by atoms with Crippen molar-refractivity contribution in [2.45, 2.75) is 45.1 Å². The molecule has 2 fully saturated rings. The summed E-state index contributed by atoms with van der Waals surface area (Å²) in [6.07, 6.45) is 8.67. The Morgan fingerprint density at radius 1 is 1.06 bits per heavy atom. The average molecular weight is 244 g/mol. The van der Waals surface area contributed by atoms with Crippen molar-refractivity contribution in [2.24, 2.45) is 11.1 Å². The van der Waals surface area contributed by atoms with Crippen molar-refractivity contribution in [3.05, 3.63) is 29.8 Å². The highest BCUT2D eigenvalue weighted by atomic mass is 15.2. The molecule has 2 N–H and O–H groups in total. The van der Waals surface area contributed by atoms with Gasteiger partial charge in [0.15, 0.2) is 0 Å². The second-order valence-electron chi connectivity index (χ2n) is 6.14. The predicted molar refractivity (Wildman–Crippen MR) is 76.7 cm³/mol. The minimum absolute atomic E-state index is 0.646. The van der Waals surface area contributed by atoms with Gasteiger partial charge in [-0.1, -0.05) is 37.8 Å². The Morgan fingerprint density at radius 3 is 2.44 bits per heavy atom. The summed E-state index contributed by atoms with van der Waals surface area (Å²) >= 11 is 0. The Kier molecular flexibility index (Phi) is 3.29. The lowest BCUT2D eigenvalue weighted by Gasteiger charge is -2.51. The summed E-state index contributed by atoms with van der Waals surface area (Å²) in [6, 6.07) is 8.73. The molecule has 2 aliphatic rings. The lowest BCUT2D eigenvalue weighted by atomic mass is 9.73. The van der Waals surface area contributed by atoms with Crippen molar-refractivity contribution in [1.29, 1.82) is 0 Å². The number of nitrogens with two attached hydrogens (primary N) is 1. The van der Waals surface area contributed by atoms with Crippen LogP contribution in [-0.2, 0) is 6.54 Å². The largest absolute Gasteiger partial charge is 0.370 e. The molecule has 3 rings (SSSR count). The van der Waals surface area contributed by atoms with Gasteiger partial charge >= 0.3 is 0 Å². The summed E-state index contributed by atoms with van der Waals surface area (Å²) in [5.41, 5.74) is 8.98. The van der Waals surface area contributed by atoms with Crippen LogP contribution in [0.25, 0.3) is 0 Å². The van der Waals surface area contributed by atoms with E-state index in [2.05, 4.69) is 29.2 Å². The molecule has 1 aliphatic heterocycles. The minimum atomic E-state index is 0.646. The zero-order valence-electron chi connectivity index (χ0n) is 11.2. The van der Waals surface area contributed by atoms with Gasteiger partial charge in [0.05, 0.1) is 0 Å². The molecule has 0 radical (unpaired) electrons. The molecule has 98 valence electrons. The van der Waals surface area contributed by atoms with Crippen LogP contribution in [0.5, 0.6) is 0 Å². The molecule has 18 heavy (non-hydrogen) atoms. The van der Waals surface area contributed by atoms with E-state index < -0.39 is 0 Å². The van der Waals surface area contributed by atoms with Gasteiger partial charge in [-0.05, 0) is 30.5 Å². The number of nitrogens with zero attached hydrogens (tertiary/aromatic N) is 1. The van der Waals surface area contributed by atoms with Crippen molar-refractivity contribution < 1.29 is 0 Å². The van der Waals surface area contributed by atoms with Crippen LogP contribution in [0.15, 0.2) is 24.3 Å². The van der Waals surface area contributed by atoms with Crippen LogP contribution < -0.4 is 10.6 Å². The first-order chi connectivity index (χ1) is 8.81. The van der Waals surface area contributed by atoms with E-state index in [9.17, 15) is 0 Å². The standard InChI is InChI=1S/C16H24N2/c17-11-14-6-5-7-15(10-14)18-12-16(13-18)8-3-1-2-4-9-16/h5-7,10H,1-4,8-9,11-13,17H2. The van der Waals surface area contributed by atoms with E-state index in [0.29, 0.717) is 12.0 Å². The van der Waals surface area contributed by atoms with Crippen LogP contribution in [-0.4, -0.2) is 13.1 Å². The molecule has 0 amide bonds. The number of benzene rings is 1. The van der Waals surface area contributed by atoms with E-state index >= 15 is 0 Å².